The summed E-state index contributed by atoms with van der Waals surface area (Å²) in [5, 5.41) is 3.67. The van der Waals surface area contributed by atoms with Crippen molar-refractivity contribution < 1.29 is 4.79 Å². The Morgan fingerprint density at radius 3 is 2.78 bits per heavy atom. The molecule has 2 unspecified atom stereocenters. The zero-order valence-corrected chi connectivity index (χ0v) is 14.9. The van der Waals surface area contributed by atoms with E-state index in [9.17, 15) is 4.79 Å². The Labute approximate surface area is 145 Å². The summed E-state index contributed by atoms with van der Waals surface area (Å²) in [6.45, 7) is 5.40. The molecule has 3 rings (SSSR count). The largest absolute Gasteiger partial charge is 0.340 e. The third kappa shape index (κ3) is 4.69. The molecule has 128 valence electrons. The molecule has 0 saturated carbocycles. The monoisotopic (exact) mass is 337 g/mol. The Morgan fingerprint density at radius 2 is 2.00 bits per heavy atom. The molecule has 2 atom stereocenters. The van der Waals surface area contributed by atoms with Gasteiger partial charge in [-0.3, -0.25) is 9.69 Å². The van der Waals surface area contributed by atoms with Crippen molar-refractivity contribution in [2.24, 2.45) is 0 Å². The van der Waals surface area contributed by atoms with E-state index in [0.29, 0.717) is 25.2 Å². The molecular weight excluding hydrogens is 310 g/mol. The van der Waals surface area contributed by atoms with Gasteiger partial charge in [0, 0.05) is 38.8 Å². The molecule has 4 nitrogen and oxygen atoms in total. The first-order chi connectivity index (χ1) is 10.6. The number of nitrogens with one attached hydrogen (secondary N) is 1. The van der Waals surface area contributed by atoms with Gasteiger partial charge < -0.3 is 10.2 Å². The van der Waals surface area contributed by atoms with Crippen molar-refractivity contribution in [3.63, 3.8) is 0 Å². The molecule has 1 N–H and O–H groups in total. The van der Waals surface area contributed by atoms with Crippen LogP contribution in [0, 0.1) is 6.92 Å². The molecule has 2 saturated heterocycles. The molecule has 0 radical (unpaired) electrons. The van der Waals surface area contributed by atoms with Gasteiger partial charge in [0.05, 0.1) is 6.54 Å². The second-order valence-corrected chi connectivity index (χ2v) is 6.84. The number of carbonyl (C=O) groups is 1. The predicted octanol–water partition coefficient (Wildman–Crippen LogP) is 2.20. The summed E-state index contributed by atoms with van der Waals surface area (Å²) in [4.78, 5) is 16.7. The number of halogens is 1. The lowest BCUT2D eigenvalue weighted by Crippen LogP contribution is -2.42. The Bertz CT molecular complexity index is 537. The Hall–Kier alpha value is -1.10. The molecule has 23 heavy (non-hydrogen) atoms. The second-order valence-electron chi connectivity index (χ2n) is 6.84. The van der Waals surface area contributed by atoms with Gasteiger partial charge in [0.15, 0.2) is 0 Å². The van der Waals surface area contributed by atoms with Crippen LogP contribution in [0.3, 0.4) is 0 Å². The minimum atomic E-state index is 0. The van der Waals surface area contributed by atoms with Gasteiger partial charge in [0.25, 0.3) is 0 Å². The highest BCUT2D eigenvalue weighted by atomic mass is 35.5. The van der Waals surface area contributed by atoms with Gasteiger partial charge in [-0.1, -0.05) is 24.3 Å². The van der Waals surface area contributed by atoms with Crippen molar-refractivity contribution in [3.8, 4) is 0 Å². The van der Waals surface area contributed by atoms with Crippen LogP contribution in [-0.4, -0.2) is 54.5 Å². The topological polar surface area (TPSA) is 35.6 Å². The van der Waals surface area contributed by atoms with Gasteiger partial charge in [-0.2, -0.15) is 0 Å². The van der Waals surface area contributed by atoms with Crippen molar-refractivity contribution in [2.75, 3.05) is 26.7 Å². The number of benzene rings is 1. The Kier molecular flexibility index (Phi) is 6.45. The minimum Gasteiger partial charge on any atom is -0.340 e. The van der Waals surface area contributed by atoms with Crippen LogP contribution in [0.5, 0.6) is 0 Å². The number of rotatable bonds is 4. The van der Waals surface area contributed by atoms with E-state index < -0.39 is 0 Å². The lowest BCUT2D eigenvalue weighted by Gasteiger charge is -2.26. The molecule has 2 aliphatic heterocycles. The molecule has 2 aliphatic rings. The molecule has 2 fully saturated rings. The molecule has 2 bridgehead atoms. The van der Waals surface area contributed by atoms with Crippen LogP contribution in [0.4, 0.5) is 0 Å². The van der Waals surface area contributed by atoms with Crippen LogP contribution in [-0.2, 0) is 11.3 Å². The molecule has 1 aromatic rings. The quantitative estimate of drug-likeness (QED) is 0.915. The maximum absolute atomic E-state index is 12.5. The maximum Gasteiger partial charge on any atom is 0.236 e. The first kappa shape index (κ1) is 18.2. The fourth-order valence-electron chi connectivity index (χ4n) is 3.60. The number of amides is 1. The van der Waals surface area contributed by atoms with E-state index in [1.165, 1.54) is 30.4 Å². The van der Waals surface area contributed by atoms with Gasteiger partial charge >= 0.3 is 0 Å². The standard InChI is InChI=1S/C18H27N3O.ClH/c1-14-5-3-4-6-15(14)11-20(2)18(22)13-21-10-9-16-7-8-17(12-21)19-16;/h3-6,16-17,19H,7-13H2,1-2H3;1H. The number of hydrogen-bond acceptors (Lipinski definition) is 3. The van der Waals surface area contributed by atoms with Gasteiger partial charge in [0.1, 0.15) is 0 Å². The molecule has 2 heterocycles. The molecule has 0 aromatic heterocycles. The van der Waals surface area contributed by atoms with Gasteiger partial charge in [0.2, 0.25) is 5.91 Å². The number of fused-ring (bicyclic) bond motifs is 2. The van der Waals surface area contributed by atoms with Crippen LogP contribution < -0.4 is 5.32 Å². The predicted molar refractivity (Wildman–Crippen MR) is 95.9 cm³/mol. The van der Waals surface area contributed by atoms with Crippen LogP contribution >= 0.6 is 12.4 Å². The fourth-order valence-corrected chi connectivity index (χ4v) is 3.60. The van der Waals surface area contributed by atoms with E-state index in [4.69, 9.17) is 0 Å². The summed E-state index contributed by atoms with van der Waals surface area (Å²) < 4.78 is 0. The third-order valence-corrected chi connectivity index (χ3v) is 5.06. The van der Waals surface area contributed by atoms with Crippen LogP contribution in [0.15, 0.2) is 24.3 Å². The number of carbonyl (C=O) groups excluding carboxylic acids is 1. The fraction of sp³-hybridized carbons (Fsp3) is 0.611. The van der Waals surface area contributed by atoms with E-state index in [1.807, 2.05) is 24.1 Å². The Balaban J connectivity index is 0.00000192. The number of aryl methyl sites for hydroxylation is 1. The van der Waals surface area contributed by atoms with E-state index in [-0.39, 0.29) is 18.3 Å². The summed E-state index contributed by atoms with van der Waals surface area (Å²) in [5.74, 6) is 0.223. The van der Waals surface area contributed by atoms with E-state index in [1.54, 1.807) is 0 Å². The zero-order valence-electron chi connectivity index (χ0n) is 14.1. The second kappa shape index (κ2) is 8.13. The van der Waals surface area contributed by atoms with Crippen LogP contribution in [0.1, 0.15) is 30.4 Å². The average molecular weight is 338 g/mol. The smallest absolute Gasteiger partial charge is 0.236 e. The van der Waals surface area contributed by atoms with Gasteiger partial charge in [-0.15, -0.1) is 12.4 Å². The maximum atomic E-state index is 12.5. The van der Waals surface area contributed by atoms with E-state index >= 15 is 0 Å². The highest BCUT2D eigenvalue weighted by molar-refractivity contribution is 5.85. The highest BCUT2D eigenvalue weighted by Gasteiger charge is 2.30. The zero-order chi connectivity index (χ0) is 15.5. The normalized spacial score (nSPS) is 23.9. The van der Waals surface area contributed by atoms with Gasteiger partial charge in [-0.25, -0.2) is 0 Å². The molecule has 1 amide bonds. The van der Waals surface area contributed by atoms with Crippen molar-refractivity contribution in [2.45, 2.75) is 44.8 Å². The number of likely N-dealkylation sites (N-methyl/N-ethyl adjacent to an activating group) is 1. The number of hydrogen-bond donors (Lipinski definition) is 1. The lowest BCUT2D eigenvalue weighted by molar-refractivity contribution is -0.131. The van der Waals surface area contributed by atoms with Crippen LogP contribution in [0.25, 0.3) is 0 Å². The SMILES string of the molecule is Cc1ccccc1CN(C)C(=O)CN1CCC2CCC(C1)N2.Cl. The van der Waals surface area contributed by atoms with Crippen molar-refractivity contribution in [3.05, 3.63) is 35.4 Å². The van der Waals surface area contributed by atoms with Gasteiger partial charge in [-0.05, 0) is 37.3 Å². The van der Waals surface area contributed by atoms with E-state index in [0.717, 1.165) is 13.1 Å². The van der Waals surface area contributed by atoms with Crippen LogP contribution in [0.2, 0.25) is 0 Å². The summed E-state index contributed by atoms with van der Waals surface area (Å²) in [7, 11) is 1.91. The summed E-state index contributed by atoms with van der Waals surface area (Å²) in [6, 6.07) is 9.55. The minimum absolute atomic E-state index is 0. The molecule has 0 spiro atoms. The van der Waals surface area contributed by atoms with Crippen molar-refractivity contribution in [1.82, 2.24) is 15.1 Å². The van der Waals surface area contributed by atoms with Crippen molar-refractivity contribution >= 4 is 18.3 Å². The third-order valence-electron chi connectivity index (χ3n) is 5.06. The summed E-state index contributed by atoms with van der Waals surface area (Å²) in [6.07, 6.45) is 3.74. The molecular formula is C18H28ClN3O. The molecule has 0 aliphatic carbocycles. The molecule has 5 heteroatoms. The Morgan fingerprint density at radius 1 is 1.26 bits per heavy atom. The summed E-state index contributed by atoms with van der Waals surface area (Å²) >= 11 is 0. The van der Waals surface area contributed by atoms with Crippen molar-refractivity contribution in [1.29, 1.82) is 0 Å². The lowest BCUT2D eigenvalue weighted by atomic mass is 10.1. The molecule has 1 aromatic carbocycles. The average Bonchev–Trinajstić information content (AvgIpc) is 2.84. The first-order valence-corrected chi connectivity index (χ1v) is 8.38. The van der Waals surface area contributed by atoms with E-state index in [2.05, 4.69) is 29.3 Å². The summed E-state index contributed by atoms with van der Waals surface area (Å²) in [5.41, 5.74) is 2.48. The number of nitrogens with zero attached hydrogens (tertiary/aromatic N) is 2. The first-order valence-electron chi connectivity index (χ1n) is 8.38. The highest BCUT2D eigenvalue weighted by Crippen LogP contribution is 2.20. The number of likely N-dealkylation sites (tertiary alicyclic amines) is 1.